The molecule has 41 heavy (non-hydrogen) atoms. The maximum atomic E-state index is 4.72. The third-order valence-electron chi connectivity index (χ3n) is 8.44. The minimum atomic E-state index is 0.946. The van der Waals surface area contributed by atoms with Crippen LogP contribution in [0.25, 0.3) is 82.0 Å². The Balaban J connectivity index is 1.25. The second-order valence-corrected chi connectivity index (χ2v) is 10.7. The number of nitrogens with zero attached hydrogens (tertiary/aromatic N) is 3. The molecule has 0 unspecified atom stereocenters. The third kappa shape index (κ3) is 3.26. The van der Waals surface area contributed by atoms with E-state index in [1.165, 1.54) is 60.2 Å². The number of fused-ring (bicyclic) bond motifs is 10. The van der Waals surface area contributed by atoms with Gasteiger partial charge in [-0.1, -0.05) is 91.0 Å². The first-order chi connectivity index (χ1) is 20.3. The zero-order valence-corrected chi connectivity index (χ0v) is 22.1. The van der Waals surface area contributed by atoms with Crippen molar-refractivity contribution in [3.05, 3.63) is 140 Å². The van der Waals surface area contributed by atoms with Gasteiger partial charge in [-0.05, 0) is 69.1 Å². The van der Waals surface area contributed by atoms with Gasteiger partial charge < -0.3 is 4.57 Å². The minimum Gasteiger partial charge on any atom is -0.309 e. The van der Waals surface area contributed by atoms with Crippen molar-refractivity contribution in [3.63, 3.8) is 0 Å². The summed E-state index contributed by atoms with van der Waals surface area (Å²) in [4.78, 5) is 9.39. The largest absolute Gasteiger partial charge is 0.309 e. The van der Waals surface area contributed by atoms with E-state index in [9.17, 15) is 0 Å². The van der Waals surface area contributed by atoms with Gasteiger partial charge in [0, 0.05) is 39.6 Å². The molecule has 190 valence electrons. The van der Waals surface area contributed by atoms with Gasteiger partial charge in [0.1, 0.15) is 0 Å². The molecule has 0 spiro atoms. The number of aromatic nitrogens is 3. The molecule has 0 aliphatic rings. The molecule has 9 rings (SSSR count). The summed E-state index contributed by atoms with van der Waals surface area (Å²) in [6.45, 7) is 0. The van der Waals surface area contributed by atoms with Gasteiger partial charge in [0.05, 0.1) is 22.1 Å². The first-order valence-corrected chi connectivity index (χ1v) is 13.9. The van der Waals surface area contributed by atoms with Crippen molar-refractivity contribution in [1.82, 2.24) is 14.5 Å². The maximum Gasteiger partial charge on any atom is 0.0971 e. The standard InChI is InChI=1S/C38H23N3/c1-2-10-32-29(7-1)34-23-26(16-18-33(34)38-37(32)39-19-20-40-38)25-14-13-24-15-17-28(22-27(24)21-25)41-35-11-5-3-8-30(35)31-9-4-6-12-36(31)41/h1-23H. The van der Waals surface area contributed by atoms with E-state index in [0.717, 1.165) is 21.8 Å². The van der Waals surface area contributed by atoms with Crippen molar-refractivity contribution in [2.75, 3.05) is 0 Å². The fraction of sp³-hybridized carbons (Fsp3) is 0. The molecule has 0 aliphatic heterocycles. The van der Waals surface area contributed by atoms with Crippen LogP contribution in [0.4, 0.5) is 0 Å². The summed E-state index contributed by atoms with van der Waals surface area (Å²) in [6.07, 6.45) is 3.56. The molecule has 2 heterocycles. The van der Waals surface area contributed by atoms with E-state index >= 15 is 0 Å². The van der Waals surface area contributed by atoms with Crippen LogP contribution in [0.5, 0.6) is 0 Å². The van der Waals surface area contributed by atoms with Gasteiger partial charge in [0.2, 0.25) is 0 Å². The number of benzene rings is 7. The fourth-order valence-corrected chi connectivity index (χ4v) is 6.56. The highest BCUT2D eigenvalue weighted by atomic mass is 15.0. The predicted octanol–water partition coefficient (Wildman–Crippen LogP) is 9.85. The van der Waals surface area contributed by atoms with Gasteiger partial charge in [0.25, 0.3) is 0 Å². The van der Waals surface area contributed by atoms with Crippen LogP contribution < -0.4 is 0 Å². The Labute approximate surface area is 235 Å². The molecule has 2 aromatic heterocycles. The minimum absolute atomic E-state index is 0.946. The summed E-state index contributed by atoms with van der Waals surface area (Å²) >= 11 is 0. The fourth-order valence-electron chi connectivity index (χ4n) is 6.56. The maximum absolute atomic E-state index is 4.72. The average molecular weight is 522 g/mol. The van der Waals surface area contributed by atoms with Crippen LogP contribution in [0, 0.1) is 0 Å². The molecule has 0 radical (unpaired) electrons. The quantitative estimate of drug-likeness (QED) is 0.212. The molecule has 0 amide bonds. The van der Waals surface area contributed by atoms with Gasteiger partial charge >= 0.3 is 0 Å². The Morgan fingerprint density at radius 3 is 1.68 bits per heavy atom. The van der Waals surface area contributed by atoms with Crippen molar-refractivity contribution in [2.24, 2.45) is 0 Å². The number of hydrogen-bond acceptors (Lipinski definition) is 2. The van der Waals surface area contributed by atoms with E-state index in [1.807, 2.05) is 0 Å². The number of para-hydroxylation sites is 2. The van der Waals surface area contributed by atoms with Crippen LogP contribution in [0.1, 0.15) is 0 Å². The molecule has 3 heteroatoms. The first kappa shape index (κ1) is 22.3. The van der Waals surface area contributed by atoms with Crippen molar-refractivity contribution in [2.45, 2.75) is 0 Å². The number of hydrogen-bond donors (Lipinski definition) is 0. The van der Waals surface area contributed by atoms with Crippen LogP contribution in [0.15, 0.2) is 140 Å². The zero-order valence-electron chi connectivity index (χ0n) is 22.1. The van der Waals surface area contributed by atoms with Crippen LogP contribution >= 0.6 is 0 Å². The molecule has 7 aromatic carbocycles. The molecule has 3 nitrogen and oxygen atoms in total. The highest BCUT2D eigenvalue weighted by molar-refractivity contribution is 6.23. The second kappa shape index (κ2) is 8.48. The number of rotatable bonds is 2. The van der Waals surface area contributed by atoms with E-state index in [4.69, 9.17) is 4.98 Å². The summed E-state index contributed by atoms with van der Waals surface area (Å²) in [5.74, 6) is 0. The van der Waals surface area contributed by atoms with Gasteiger partial charge in [-0.25, -0.2) is 0 Å². The molecule has 0 atom stereocenters. The molecule has 0 fully saturated rings. The first-order valence-electron chi connectivity index (χ1n) is 13.9. The summed E-state index contributed by atoms with van der Waals surface area (Å²) < 4.78 is 2.38. The molecule has 0 saturated carbocycles. The zero-order chi connectivity index (χ0) is 26.9. The highest BCUT2D eigenvalue weighted by Gasteiger charge is 2.13. The monoisotopic (exact) mass is 521 g/mol. The van der Waals surface area contributed by atoms with Gasteiger partial charge in [-0.2, -0.15) is 0 Å². The van der Waals surface area contributed by atoms with Gasteiger partial charge in [0.15, 0.2) is 0 Å². The Morgan fingerprint density at radius 1 is 0.390 bits per heavy atom. The lowest BCUT2D eigenvalue weighted by atomic mass is 9.94. The van der Waals surface area contributed by atoms with E-state index in [0.29, 0.717) is 0 Å². The Hall–Kier alpha value is -5.54. The van der Waals surface area contributed by atoms with Crippen molar-refractivity contribution in [1.29, 1.82) is 0 Å². The molecule has 0 bridgehead atoms. The van der Waals surface area contributed by atoms with E-state index in [2.05, 4.69) is 137 Å². The van der Waals surface area contributed by atoms with Crippen LogP contribution in [-0.2, 0) is 0 Å². The lowest BCUT2D eigenvalue weighted by Gasteiger charge is -2.12. The topological polar surface area (TPSA) is 30.7 Å². The Morgan fingerprint density at radius 2 is 0.951 bits per heavy atom. The Kier molecular flexibility index (Phi) is 4.61. The van der Waals surface area contributed by atoms with E-state index in [-0.39, 0.29) is 0 Å². The van der Waals surface area contributed by atoms with Crippen molar-refractivity contribution < 1.29 is 0 Å². The second-order valence-electron chi connectivity index (χ2n) is 10.7. The normalized spacial score (nSPS) is 11.9. The molecular weight excluding hydrogens is 498 g/mol. The predicted molar refractivity (Wildman–Crippen MR) is 172 cm³/mol. The average Bonchev–Trinajstić information content (AvgIpc) is 3.38. The summed E-state index contributed by atoms with van der Waals surface area (Å²) in [5.41, 5.74) is 7.90. The lowest BCUT2D eigenvalue weighted by Crippen LogP contribution is -1.93. The highest BCUT2D eigenvalue weighted by Crippen LogP contribution is 2.37. The van der Waals surface area contributed by atoms with Crippen LogP contribution in [0.2, 0.25) is 0 Å². The third-order valence-corrected chi connectivity index (χ3v) is 8.44. The van der Waals surface area contributed by atoms with E-state index < -0.39 is 0 Å². The summed E-state index contributed by atoms with van der Waals surface area (Å²) in [6, 6.07) is 46.1. The molecular formula is C38H23N3. The molecule has 9 aromatic rings. The van der Waals surface area contributed by atoms with Gasteiger partial charge in [-0.3, -0.25) is 9.97 Å². The SMILES string of the molecule is c1ccc2c(c1)c1cc(-c3ccc4ccc(-n5c6ccccc6c6ccccc65)cc4c3)ccc1c1nccnc21. The molecule has 0 N–H and O–H groups in total. The Bertz CT molecular complexity index is 2400. The van der Waals surface area contributed by atoms with Crippen molar-refractivity contribution >= 4 is 65.2 Å². The van der Waals surface area contributed by atoms with E-state index in [1.54, 1.807) is 12.4 Å². The van der Waals surface area contributed by atoms with Crippen LogP contribution in [0.3, 0.4) is 0 Å². The van der Waals surface area contributed by atoms with Gasteiger partial charge in [-0.15, -0.1) is 0 Å². The summed E-state index contributed by atoms with van der Waals surface area (Å²) in [7, 11) is 0. The van der Waals surface area contributed by atoms with Crippen molar-refractivity contribution in [3.8, 4) is 16.8 Å². The molecule has 0 aliphatic carbocycles. The molecule has 0 saturated heterocycles. The lowest BCUT2D eigenvalue weighted by molar-refractivity contribution is 1.19. The van der Waals surface area contributed by atoms with Crippen LogP contribution in [-0.4, -0.2) is 14.5 Å². The smallest absolute Gasteiger partial charge is 0.0971 e. The summed E-state index contributed by atoms with van der Waals surface area (Å²) in [5, 5.41) is 9.66.